The average molecular weight is 361 g/mol. The molecular formula is C20H31N3O3. The largest absolute Gasteiger partial charge is 0.443 e. The number of carbonyl (C=O) groups excluding carboxylic acids is 2. The van der Waals surface area contributed by atoms with Crippen LogP contribution in [-0.2, 0) is 9.53 Å². The number of aromatic nitrogens is 1. The number of amides is 2. The molecule has 0 N–H and O–H groups in total. The van der Waals surface area contributed by atoms with Crippen LogP contribution in [0.5, 0.6) is 0 Å². The number of rotatable bonds is 5. The van der Waals surface area contributed by atoms with Crippen LogP contribution in [-0.4, -0.2) is 40.6 Å². The molecule has 0 saturated carbocycles. The molecule has 1 aromatic heterocycles. The lowest BCUT2D eigenvalue weighted by atomic mass is 10.1. The topological polar surface area (TPSA) is 62.7 Å². The summed E-state index contributed by atoms with van der Waals surface area (Å²) in [6.07, 6.45) is 5.22. The monoisotopic (exact) mass is 361 g/mol. The number of hydrogen-bond acceptors (Lipinski definition) is 4. The normalized spacial score (nSPS) is 17.3. The number of hydrogen-bond donors (Lipinski definition) is 0. The van der Waals surface area contributed by atoms with E-state index in [1.165, 1.54) is 0 Å². The van der Waals surface area contributed by atoms with E-state index >= 15 is 0 Å². The highest BCUT2D eigenvalue weighted by molar-refractivity contribution is 5.86. The van der Waals surface area contributed by atoms with Crippen LogP contribution < -0.4 is 4.90 Å². The zero-order valence-electron chi connectivity index (χ0n) is 16.6. The average Bonchev–Trinajstić information content (AvgIpc) is 3.04. The van der Waals surface area contributed by atoms with Gasteiger partial charge in [-0.1, -0.05) is 19.4 Å². The van der Waals surface area contributed by atoms with Crippen molar-refractivity contribution in [1.82, 2.24) is 9.88 Å². The maximum Gasteiger partial charge on any atom is 0.416 e. The first-order valence-corrected chi connectivity index (χ1v) is 9.46. The molecule has 1 saturated heterocycles. The third kappa shape index (κ3) is 5.19. The summed E-state index contributed by atoms with van der Waals surface area (Å²) in [7, 11) is 0. The summed E-state index contributed by atoms with van der Waals surface area (Å²) in [5.74, 6) is 0.679. The molecule has 1 fully saturated rings. The fraction of sp³-hybridized carbons (Fsp3) is 0.650. The predicted molar refractivity (Wildman–Crippen MR) is 102 cm³/mol. The first-order chi connectivity index (χ1) is 12.2. The Hall–Kier alpha value is -2.11. The van der Waals surface area contributed by atoms with Crippen molar-refractivity contribution in [2.75, 3.05) is 18.0 Å². The molecule has 144 valence electrons. The minimum absolute atomic E-state index is 0.0830. The van der Waals surface area contributed by atoms with Crippen molar-refractivity contribution >= 4 is 17.8 Å². The molecule has 2 heterocycles. The van der Waals surface area contributed by atoms with Crippen LogP contribution in [0.2, 0.25) is 0 Å². The van der Waals surface area contributed by atoms with Gasteiger partial charge in [-0.15, -0.1) is 0 Å². The van der Waals surface area contributed by atoms with Gasteiger partial charge < -0.3 is 9.64 Å². The van der Waals surface area contributed by atoms with Gasteiger partial charge in [0.2, 0.25) is 5.91 Å². The fourth-order valence-corrected chi connectivity index (χ4v) is 3.18. The van der Waals surface area contributed by atoms with E-state index in [-0.39, 0.29) is 18.0 Å². The molecule has 0 spiro atoms. The molecule has 1 atom stereocenters. The smallest absolute Gasteiger partial charge is 0.416 e. The van der Waals surface area contributed by atoms with Gasteiger partial charge in [-0.25, -0.2) is 9.78 Å². The summed E-state index contributed by atoms with van der Waals surface area (Å²) >= 11 is 0. The van der Waals surface area contributed by atoms with Crippen molar-refractivity contribution in [1.29, 1.82) is 0 Å². The summed E-state index contributed by atoms with van der Waals surface area (Å²) in [6.45, 7) is 10.6. The van der Waals surface area contributed by atoms with E-state index in [0.717, 1.165) is 37.8 Å². The molecule has 2 amide bonds. The molecule has 6 nitrogen and oxygen atoms in total. The Balaban J connectivity index is 2.18. The molecule has 0 radical (unpaired) electrons. The van der Waals surface area contributed by atoms with E-state index in [0.29, 0.717) is 12.4 Å². The van der Waals surface area contributed by atoms with Gasteiger partial charge in [0.1, 0.15) is 11.4 Å². The van der Waals surface area contributed by atoms with E-state index in [9.17, 15) is 9.59 Å². The van der Waals surface area contributed by atoms with E-state index in [4.69, 9.17) is 4.74 Å². The van der Waals surface area contributed by atoms with Gasteiger partial charge in [-0.05, 0) is 51.7 Å². The number of pyridine rings is 1. The first-order valence-electron chi connectivity index (χ1n) is 9.46. The molecule has 0 aliphatic carbocycles. The summed E-state index contributed by atoms with van der Waals surface area (Å²) in [5, 5.41) is 0. The zero-order valence-corrected chi connectivity index (χ0v) is 16.6. The Kier molecular flexibility index (Phi) is 6.62. The molecule has 26 heavy (non-hydrogen) atoms. The maximum absolute atomic E-state index is 12.6. The molecule has 0 unspecified atom stereocenters. The van der Waals surface area contributed by atoms with E-state index < -0.39 is 5.60 Å². The van der Waals surface area contributed by atoms with Gasteiger partial charge in [0.15, 0.2) is 0 Å². The Bertz CT molecular complexity index is 622. The molecule has 0 bridgehead atoms. The van der Waals surface area contributed by atoms with Crippen molar-refractivity contribution in [2.45, 2.75) is 71.9 Å². The number of nitrogens with zero attached hydrogens (tertiary/aromatic N) is 3. The van der Waals surface area contributed by atoms with Crippen LogP contribution in [0.3, 0.4) is 0 Å². The van der Waals surface area contributed by atoms with E-state index in [1.54, 1.807) is 18.0 Å². The SMILES string of the molecule is CCCCN(C(=O)OC(C)(C)C)c1ccc([C@@H]2CCCN2C(C)=O)cn1. The number of likely N-dealkylation sites (tertiary alicyclic amines) is 1. The highest BCUT2D eigenvalue weighted by Gasteiger charge is 2.29. The second-order valence-corrected chi connectivity index (χ2v) is 7.81. The third-order valence-electron chi connectivity index (χ3n) is 4.44. The molecule has 1 aliphatic rings. The Morgan fingerprint density at radius 3 is 2.62 bits per heavy atom. The van der Waals surface area contributed by atoms with Crippen molar-refractivity contribution in [3.8, 4) is 0 Å². The standard InChI is InChI=1S/C20H31N3O3/c1-6-7-12-23(19(25)26-20(3,4)5)18-11-10-16(14-21-18)17-9-8-13-22(17)15(2)24/h10-11,14,17H,6-9,12-13H2,1-5H3/t17-/m0/s1. The van der Waals surface area contributed by atoms with Crippen molar-refractivity contribution in [2.24, 2.45) is 0 Å². The number of ether oxygens (including phenoxy) is 1. The van der Waals surface area contributed by atoms with Crippen LogP contribution in [0.1, 0.15) is 71.9 Å². The Labute approximate surface area is 156 Å². The number of anilines is 1. The second kappa shape index (κ2) is 8.52. The van der Waals surface area contributed by atoms with Gasteiger partial charge in [0, 0.05) is 26.2 Å². The van der Waals surface area contributed by atoms with Crippen LogP contribution in [0, 0.1) is 0 Å². The quantitative estimate of drug-likeness (QED) is 0.784. The summed E-state index contributed by atoms with van der Waals surface area (Å²) in [5.41, 5.74) is 0.467. The van der Waals surface area contributed by atoms with Crippen LogP contribution in [0.4, 0.5) is 10.6 Å². The van der Waals surface area contributed by atoms with Gasteiger partial charge in [0.05, 0.1) is 6.04 Å². The molecule has 0 aromatic carbocycles. The maximum atomic E-state index is 12.6. The molecular weight excluding hydrogens is 330 g/mol. The van der Waals surface area contributed by atoms with E-state index in [2.05, 4.69) is 11.9 Å². The molecule has 2 rings (SSSR count). The molecule has 1 aromatic rings. The van der Waals surface area contributed by atoms with Crippen LogP contribution >= 0.6 is 0 Å². The highest BCUT2D eigenvalue weighted by Crippen LogP contribution is 2.32. The Morgan fingerprint density at radius 1 is 1.35 bits per heavy atom. The lowest BCUT2D eigenvalue weighted by molar-refractivity contribution is -0.129. The lowest BCUT2D eigenvalue weighted by Crippen LogP contribution is -2.38. The van der Waals surface area contributed by atoms with Gasteiger partial charge in [0.25, 0.3) is 0 Å². The zero-order chi connectivity index (χ0) is 19.3. The van der Waals surface area contributed by atoms with E-state index in [1.807, 2.05) is 37.8 Å². The second-order valence-electron chi connectivity index (χ2n) is 7.81. The molecule has 6 heteroatoms. The molecule has 1 aliphatic heterocycles. The summed E-state index contributed by atoms with van der Waals surface area (Å²) in [6, 6.07) is 3.91. The first kappa shape index (κ1) is 20.2. The van der Waals surface area contributed by atoms with Gasteiger partial charge in [-0.3, -0.25) is 9.69 Å². The summed E-state index contributed by atoms with van der Waals surface area (Å²) < 4.78 is 5.52. The highest BCUT2D eigenvalue weighted by atomic mass is 16.6. The van der Waals surface area contributed by atoms with Crippen molar-refractivity contribution in [3.63, 3.8) is 0 Å². The third-order valence-corrected chi connectivity index (χ3v) is 4.44. The summed E-state index contributed by atoms with van der Waals surface area (Å²) in [4.78, 5) is 32.3. The van der Waals surface area contributed by atoms with Crippen LogP contribution in [0.25, 0.3) is 0 Å². The minimum Gasteiger partial charge on any atom is -0.443 e. The van der Waals surface area contributed by atoms with Gasteiger partial charge >= 0.3 is 6.09 Å². The Morgan fingerprint density at radius 2 is 2.08 bits per heavy atom. The minimum atomic E-state index is -0.548. The van der Waals surface area contributed by atoms with Gasteiger partial charge in [-0.2, -0.15) is 0 Å². The van der Waals surface area contributed by atoms with Crippen LogP contribution in [0.15, 0.2) is 18.3 Å². The van der Waals surface area contributed by atoms with Crippen molar-refractivity contribution in [3.05, 3.63) is 23.9 Å². The number of unbranched alkanes of at least 4 members (excludes halogenated alkanes) is 1. The van der Waals surface area contributed by atoms with Crippen molar-refractivity contribution < 1.29 is 14.3 Å². The predicted octanol–water partition coefficient (Wildman–Crippen LogP) is 4.31. The lowest BCUT2D eigenvalue weighted by Gasteiger charge is -2.27. The fourth-order valence-electron chi connectivity index (χ4n) is 3.18. The number of carbonyl (C=O) groups is 2.